The fourth-order valence-corrected chi connectivity index (χ4v) is 3.04. The van der Waals surface area contributed by atoms with E-state index in [4.69, 9.17) is 4.74 Å². The van der Waals surface area contributed by atoms with Crippen LogP contribution in [0.1, 0.15) is 12.8 Å². The normalized spacial score (nSPS) is 27.5. The van der Waals surface area contributed by atoms with Gasteiger partial charge in [-0.15, -0.1) is 0 Å². The van der Waals surface area contributed by atoms with Crippen molar-refractivity contribution in [1.82, 2.24) is 4.90 Å². The van der Waals surface area contributed by atoms with Crippen LogP contribution in [-0.4, -0.2) is 49.8 Å². The number of nitrogens with zero attached hydrogens (tertiary/aromatic N) is 1. The fraction of sp³-hybridized carbons (Fsp3) is 1.00. The summed E-state index contributed by atoms with van der Waals surface area (Å²) in [4.78, 5) is 2.61. The summed E-state index contributed by atoms with van der Waals surface area (Å²) in [6.45, 7) is 4.82. The third-order valence-electron chi connectivity index (χ3n) is 3.07. The van der Waals surface area contributed by atoms with Crippen LogP contribution < -0.4 is 0 Å². The molecule has 1 saturated carbocycles. The van der Waals surface area contributed by atoms with Crippen LogP contribution in [0.15, 0.2) is 0 Å². The molecule has 0 radical (unpaired) electrons. The summed E-state index contributed by atoms with van der Waals surface area (Å²) in [5.41, 5.74) is 0.552. The summed E-state index contributed by atoms with van der Waals surface area (Å²) in [6.07, 6.45) is 2.76. The zero-order valence-electron chi connectivity index (χ0n) is 8.42. The van der Waals surface area contributed by atoms with Gasteiger partial charge in [-0.05, 0) is 12.8 Å². The average molecular weight is 201 g/mol. The highest BCUT2D eigenvalue weighted by Gasteiger charge is 2.43. The van der Waals surface area contributed by atoms with Crippen molar-refractivity contribution in [2.24, 2.45) is 5.41 Å². The van der Waals surface area contributed by atoms with Gasteiger partial charge in [-0.1, -0.05) is 0 Å². The highest BCUT2D eigenvalue weighted by molar-refractivity contribution is 7.99. The first-order chi connectivity index (χ1) is 6.35. The van der Waals surface area contributed by atoms with Crippen LogP contribution in [0, 0.1) is 5.41 Å². The molecule has 0 amide bonds. The van der Waals surface area contributed by atoms with E-state index in [1.165, 1.54) is 44.0 Å². The van der Waals surface area contributed by atoms with Crippen molar-refractivity contribution in [3.8, 4) is 0 Å². The lowest BCUT2D eigenvalue weighted by Crippen LogP contribution is -2.38. The van der Waals surface area contributed by atoms with E-state index < -0.39 is 0 Å². The van der Waals surface area contributed by atoms with Gasteiger partial charge < -0.3 is 9.64 Å². The number of ether oxygens (including phenoxy) is 1. The minimum Gasteiger partial charge on any atom is -0.384 e. The molecule has 0 aromatic rings. The molecule has 1 heterocycles. The molecule has 2 aliphatic rings. The number of rotatable bonds is 4. The molecule has 2 fully saturated rings. The van der Waals surface area contributed by atoms with E-state index >= 15 is 0 Å². The van der Waals surface area contributed by atoms with Gasteiger partial charge in [-0.2, -0.15) is 11.8 Å². The second-order valence-electron chi connectivity index (χ2n) is 4.32. The van der Waals surface area contributed by atoms with E-state index in [0.717, 1.165) is 6.61 Å². The van der Waals surface area contributed by atoms with Gasteiger partial charge in [-0.3, -0.25) is 0 Å². The number of methoxy groups -OCH3 is 1. The van der Waals surface area contributed by atoms with Crippen molar-refractivity contribution in [1.29, 1.82) is 0 Å². The van der Waals surface area contributed by atoms with Gasteiger partial charge in [0.2, 0.25) is 0 Å². The Morgan fingerprint density at radius 2 is 2.00 bits per heavy atom. The molecular weight excluding hydrogens is 182 g/mol. The molecule has 2 nitrogen and oxygen atoms in total. The van der Waals surface area contributed by atoms with Gasteiger partial charge in [-0.25, -0.2) is 0 Å². The van der Waals surface area contributed by atoms with Crippen LogP contribution in [0.3, 0.4) is 0 Å². The molecule has 13 heavy (non-hydrogen) atoms. The summed E-state index contributed by atoms with van der Waals surface area (Å²) in [6, 6.07) is 0. The van der Waals surface area contributed by atoms with Crippen LogP contribution in [0.2, 0.25) is 0 Å². The molecular formula is C10H19NOS. The Labute approximate surface area is 85.0 Å². The lowest BCUT2D eigenvalue weighted by Gasteiger charge is -2.29. The quantitative estimate of drug-likeness (QED) is 0.683. The molecule has 3 heteroatoms. The Balaban J connectivity index is 1.76. The molecule has 0 atom stereocenters. The Morgan fingerprint density at radius 3 is 2.54 bits per heavy atom. The Hall–Kier alpha value is 0.270. The zero-order chi connectivity index (χ0) is 9.15. The fourth-order valence-electron chi connectivity index (χ4n) is 2.06. The number of thioether (sulfide) groups is 1. The molecule has 1 aliphatic carbocycles. The second kappa shape index (κ2) is 4.20. The third-order valence-corrected chi connectivity index (χ3v) is 4.01. The van der Waals surface area contributed by atoms with Gasteiger partial charge in [0.05, 0.1) is 6.61 Å². The Bertz CT molecular complexity index is 164. The molecule has 0 N–H and O–H groups in total. The smallest absolute Gasteiger partial charge is 0.0530 e. The maximum absolute atomic E-state index is 5.28. The molecule has 2 rings (SSSR count). The number of hydrogen-bond acceptors (Lipinski definition) is 3. The van der Waals surface area contributed by atoms with E-state index in [0.29, 0.717) is 5.41 Å². The summed E-state index contributed by atoms with van der Waals surface area (Å²) < 4.78 is 5.28. The lowest BCUT2D eigenvalue weighted by molar-refractivity contribution is 0.111. The van der Waals surface area contributed by atoms with E-state index in [-0.39, 0.29) is 0 Å². The SMILES string of the molecule is COCC1(CN2CCSCC2)CC1. The monoisotopic (exact) mass is 201 g/mol. The first kappa shape index (κ1) is 9.81. The summed E-state index contributed by atoms with van der Waals surface area (Å²) >= 11 is 2.09. The highest BCUT2D eigenvalue weighted by Crippen LogP contribution is 2.46. The van der Waals surface area contributed by atoms with E-state index in [1.54, 1.807) is 0 Å². The molecule has 0 bridgehead atoms. The molecule has 76 valence electrons. The Morgan fingerprint density at radius 1 is 1.31 bits per heavy atom. The summed E-state index contributed by atoms with van der Waals surface area (Å²) in [7, 11) is 1.83. The van der Waals surface area contributed by atoms with Crippen molar-refractivity contribution < 1.29 is 4.74 Å². The molecule has 0 aromatic heterocycles. The summed E-state index contributed by atoms with van der Waals surface area (Å²) in [5.74, 6) is 2.64. The molecule has 1 aliphatic heterocycles. The number of hydrogen-bond donors (Lipinski definition) is 0. The topological polar surface area (TPSA) is 12.5 Å². The van der Waals surface area contributed by atoms with Gasteiger partial charge >= 0.3 is 0 Å². The first-order valence-corrected chi connectivity index (χ1v) is 6.29. The van der Waals surface area contributed by atoms with Crippen LogP contribution in [-0.2, 0) is 4.74 Å². The van der Waals surface area contributed by atoms with Crippen molar-refractivity contribution in [3.63, 3.8) is 0 Å². The van der Waals surface area contributed by atoms with Gasteiger partial charge in [0, 0.05) is 43.7 Å². The molecule has 0 spiro atoms. The standard InChI is InChI=1S/C10H19NOS/c1-12-9-10(2-3-10)8-11-4-6-13-7-5-11/h2-9H2,1H3. The van der Waals surface area contributed by atoms with Gasteiger partial charge in [0.25, 0.3) is 0 Å². The largest absolute Gasteiger partial charge is 0.384 e. The lowest BCUT2D eigenvalue weighted by atomic mass is 10.1. The molecule has 1 saturated heterocycles. The van der Waals surface area contributed by atoms with Gasteiger partial charge in [0.1, 0.15) is 0 Å². The van der Waals surface area contributed by atoms with Crippen molar-refractivity contribution >= 4 is 11.8 Å². The predicted octanol–water partition coefficient (Wildman–Crippen LogP) is 1.46. The molecule has 0 aromatic carbocycles. The second-order valence-corrected chi connectivity index (χ2v) is 5.55. The van der Waals surface area contributed by atoms with E-state index in [1.807, 2.05) is 7.11 Å². The van der Waals surface area contributed by atoms with Crippen LogP contribution in [0.25, 0.3) is 0 Å². The van der Waals surface area contributed by atoms with E-state index in [9.17, 15) is 0 Å². The van der Waals surface area contributed by atoms with Crippen molar-refractivity contribution in [3.05, 3.63) is 0 Å². The highest BCUT2D eigenvalue weighted by atomic mass is 32.2. The van der Waals surface area contributed by atoms with E-state index in [2.05, 4.69) is 16.7 Å². The minimum absolute atomic E-state index is 0.552. The van der Waals surface area contributed by atoms with Gasteiger partial charge in [0.15, 0.2) is 0 Å². The third kappa shape index (κ3) is 2.61. The van der Waals surface area contributed by atoms with Crippen molar-refractivity contribution in [2.45, 2.75) is 12.8 Å². The maximum atomic E-state index is 5.28. The van der Waals surface area contributed by atoms with Crippen LogP contribution >= 0.6 is 11.8 Å². The van der Waals surface area contributed by atoms with Crippen LogP contribution in [0.5, 0.6) is 0 Å². The van der Waals surface area contributed by atoms with Crippen molar-refractivity contribution in [2.75, 3.05) is 44.9 Å². The zero-order valence-corrected chi connectivity index (χ0v) is 9.24. The predicted molar refractivity (Wildman–Crippen MR) is 57.3 cm³/mol. The first-order valence-electron chi connectivity index (χ1n) is 5.14. The Kier molecular flexibility index (Phi) is 3.17. The van der Waals surface area contributed by atoms with Crippen LogP contribution in [0.4, 0.5) is 0 Å². The summed E-state index contributed by atoms with van der Waals surface area (Å²) in [5, 5.41) is 0. The minimum atomic E-state index is 0.552. The molecule has 0 unspecified atom stereocenters. The maximum Gasteiger partial charge on any atom is 0.0530 e. The average Bonchev–Trinajstić information content (AvgIpc) is 2.87.